The quantitative estimate of drug-likeness (QED) is 0.347. The Bertz CT molecular complexity index is 969. The molecule has 154 valence electrons. The fraction of sp³-hybridized carbons (Fsp3) is 0.263. The summed E-state index contributed by atoms with van der Waals surface area (Å²) in [6.07, 6.45) is 0. The fourth-order valence-electron chi connectivity index (χ4n) is 2.43. The van der Waals surface area contributed by atoms with Gasteiger partial charge in [0.25, 0.3) is 11.6 Å². The SMILES string of the molecule is Cc1cc(OCC(=O)NC(=S)Nc2cc([N+](=O)[O-])ccc2F)c(C(C)C)cc1Br. The first-order valence-electron chi connectivity index (χ1n) is 8.56. The third kappa shape index (κ3) is 6.20. The molecule has 0 heterocycles. The van der Waals surface area contributed by atoms with Crippen LogP contribution in [0.2, 0.25) is 0 Å². The van der Waals surface area contributed by atoms with Crippen molar-refractivity contribution in [2.75, 3.05) is 11.9 Å². The maximum absolute atomic E-state index is 13.8. The zero-order valence-electron chi connectivity index (χ0n) is 15.9. The number of benzene rings is 2. The molecule has 2 N–H and O–H groups in total. The molecule has 0 saturated carbocycles. The molecule has 0 aromatic heterocycles. The van der Waals surface area contributed by atoms with Crippen molar-refractivity contribution in [1.29, 1.82) is 0 Å². The van der Waals surface area contributed by atoms with Gasteiger partial charge in [-0.15, -0.1) is 0 Å². The molecule has 0 aliphatic rings. The number of non-ortho nitro benzene ring substituents is 1. The number of rotatable bonds is 6. The Hall–Kier alpha value is -2.59. The van der Waals surface area contributed by atoms with Gasteiger partial charge in [-0.05, 0) is 54.4 Å². The maximum atomic E-state index is 13.8. The van der Waals surface area contributed by atoms with Crippen molar-refractivity contribution < 1.29 is 18.8 Å². The van der Waals surface area contributed by atoms with Crippen molar-refractivity contribution in [2.24, 2.45) is 0 Å². The number of nitro benzene ring substituents is 1. The Kier molecular flexibility index (Phi) is 7.63. The summed E-state index contributed by atoms with van der Waals surface area (Å²) in [4.78, 5) is 22.3. The summed E-state index contributed by atoms with van der Waals surface area (Å²) in [5, 5.41) is 15.4. The zero-order chi connectivity index (χ0) is 21.7. The maximum Gasteiger partial charge on any atom is 0.271 e. The number of anilines is 1. The summed E-state index contributed by atoms with van der Waals surface area (Å²) in [6, 6.07) is 6.75. The van der Waals surface area contributed by atoms with Crippen LogP contribution in [-0.4, -0.2) is 22.5 Å². The molecule has 2 aromatic rings. The Morgan fingerprint density at radius 1 is 1.34 bits per heavy atom. The number of nitrogens with zero attached hydrogens (tertiary/aromatic N) is 1. The first-order valence-corrected chi connectivity index (χ1v) is 9.76. The average Bonchev–Trinajstić information content (AvgIpc) is 2.63. The average molecular weight is 484 g/mol. The summed E-state index contributed by atoms with van der Waals surface area (Å²) < 4.78 is 20.4. The molecule has 0 unspecified atom stereocenters. The number of nitrogens with one attached hydrogen (secondary N) is 2. The van der Waals surface area contributed by atoms with Crippen molar-refractivity contribution in [2.45, 2.75) is 26.7 Å². The minimum atomic E-state index is -0.740. The van der Waals surface area contributed by atoms with E-state index in [2.05, 4.69) is 26.6 Å². The first kappa shape index (κ1) is 22.7. The van der Waals surface area contributed by atoms with E-state index in [0.29, 0.717) is 5.75 Å². The third-order valence-electron chi connectivity index (χ3n) is 3.93. The predicted molar refractivity (Wildman–Crippen MR) is 116 cm³/mol. The number of carbonyl (C=O) groups excluding carboxylic acids is 1. The van der Waals surface area contributed by atoms with E-state index in [0.717, 1.165) is 33.8 Å². The molecule has 0 fully saturated rings. The van der Waals surface area contributed by atoms with E-state index >= 15 is 0 Å². The lowest BCUT2D eigenvalue weighted by atomic mass is 10.0. The lowest BCUT2D eigenvalue weighted by Gasteiger charge is -2.16. The van der Waals surface area contributed by atoms with Gasteiger partial charge >= 0.3 is 0 Å². The smallest absolute Gasteiger partial charge is 0.271 e. The minimum absolute atomic E-state index is 0.185. The third-order valence-corrected chi connectivity index (χ3v) is 4.99. The molecule has 0 radical (unpaired) electrons. The van der Waals surface area contributed by atoms with E-state index < -0.39 is 16.6 Å². The highest BCUT2D eigenvalue weighted by Gasteiger charge is 2.15. The monoisotopic (exact) mass is 483 g/mol. The van der Waals surface area contributed by atoms with Gasteiger partial charge in [0.1, 0.15) is 11.6 Å². The van der Waals surface area contributed by atoms with Crippen molar-refractivity contribution in [1.82, 2.24) is 5.32 Å². The number of carbonyl (C=O) groups is 1. The highest BCUT2D eigenvalue weighted by atomic mass is 79.9. The van der Waals surface area contributed by atoms with E-state index in [-0.39, 0.29) is 29.0 Å². The Labute approximate surface area is 180 Å². The van der Waals surface area contributed by atoms with Crippen molar-refractivity contribution in [3.8, 4) is 5.75 Å². The molecule has 29 heavy (non-hydrogen) atoms. The van der Waals surface area contributed by atoms with Gasteiger partial charge in [0.2, 0.25) is 0 Å². The van der Waals surface area contributed by atoms with Crippen molar-refractivity contribution in [3.05, 3.63) is 61.9 Å². The van der Waals surface area contributed by atoms with Gasteiger partial charge in [-0.25, -0.2) is 4.39 Å². The molecule has 7 nitrogen and oxygen atoms in total. The van der Waals surface area contributed by atoms with Gasteiger partial charge in [-0.1, -0.05) is 29.8 Å². The largest absolute Gasteiger partial charge is 0.483 e. The molecule has 0 aliphatic heterocycles. The molecule has 0 atom stereocenters. The van der Waals surface area contributed by atoms with Gasteiger partial charge in [0.05, 0.1) is 10.6 Å². The summed E-state index contributed by atoms with van der Waals surface area (Å²) in [7, 11) is 0. The van der Waals surface area contributed by atoms with E-state index in [1.165, 1.54) is 0 Å². The van der Waals surface area contributed by atoms with Crippen molar-refractivity contribution >= 4 is 50.5 Å². The number of aryl methyl sites for hydroxylation is 1. The Balaban J connectivity index is 2.00. The number of nitro groups is 1. The minimum Gasteiger partial charge on any atom is -0.483 e. The molecular weight excluding hydrogens is 465 g/mol. The van der Waals surface area contributed by atoms with Crippen LogP contribution in [-0.2, 0) is 4.79 Å². The highest BCUT2D eigenvalue weighted by Crippen LogP contribution is 2.32. The van der Waals surface area contributed by atoms with Crippen LogP contribution in [0.4, 0.5) is 15.8 Å². The lowest BCUT2D eigenvalue weighted by molar-refractivity contribution is -0.384. The predicted octanol–water partition coefficient (Wildman–Crippen LogP) is 4.82. The number of ether oxygens (including phenoxy) is 1. The van der Waals surface area contributed by atoms with Crippen LogP contribution in [0.15, 0.2) is 34.8 Å². The van der Waals surface area contributed by atoms with Gasteiger partial charge in [-0.2, -0.15) is 0 Å². The Morgan fingerprint density at radius 2 is 2.03 bits per heavy atom. The normalized spacial score (nSPS) is 10.6. The van der Waals surface area contributed by atoms with Crippen LogP contribution in [0.3, 0.4) is 0 Å². The molecule has 2 rings (SSSR count). The standard InChI is InChI=1S/C19H19BrFN3O4S/c1-10(2)13-8-14(20)11(3)6-17(13)28-9-18(25)23-19(29)22-16-7-12(24(26)27)4-5-15(16)21/h4-8,10H,9H2,1-3H3,(H2,22,23,25,29). The molecule has 0 spiro atoms. The van der Waals surface area contributed by atoms with E-state index in [4.69, 9.17) is 17.0 Å². The van der Waals surface area contributed by atoms with E-state index in [1.807, 2.05) is 32.9 Å². The van der Waals surface area contributed by atoms with Crippen LogP contribution in [0.1, 0.15) is 30.9 Å². The second-order valence-corrected chi connectivity index (χ2v) is 7.77. The van der Waals surface area contributed by atoms with Gasteiger partial charge in [0, 0.05) is 16.6 Å². The Morgan fingerprint density at radius 3 is 2.66 bits per heavy atom. The van der Waals surface area contributed by atoms with Gasteiger partial charge in [0.15, 0.2) is 11.7 Å². The number of hydrogen-bond acceptors (Lipinski definition) is 5. The van der Waals surface area contributed by atoms with Crippen LogP contribution >= 0.6 is 28.1 Å². The first-order chi connectivity index (χ1) is 13.6. The van der Waals surface area contributed by atoms with Crippen LogP contribution < -0.4 is 15.4 Å². The van der Waals surface area contributed by atoms with Crippen molar-refractivity contribution in [3.63, 3.8) is 0 Å². The number of hydrogen-bond donors (Lipinski definition) is 2. The number of amides is 1. The van der Waals surface area contributed by atoms with E-state index in [1.54, 1.807) is 0 Å². The summed E-state index contributed by atoms with van der Waals surface area (Å²) >= 11 is 8.46. The summed E-state index contributed by atoms with van der Waals surface area (Å²) in [6.45, 7) is 5.63. The highest BCUT2D eigenvalue weighted by molar-refractivity contribution is 9.10. The summed E-state index contributed by atoms with van der Waals surface area (Å²) in [5.74, 6) is -0.525. The van der Waals surface area contributed by atoms with Crippen LogP contribution in [0.5, 0.6) is 5.75 Å². The second kappa shape index (κ2) is 9.75. The molecule has 0 bridgehead atoms. The molecular formula is C19H19BrFN3O4S. The van der Waals surface area contributed by atoms with Gasteiger partial charge in [-0.3, -0.25) is 20.2 Å². The molecule has 1 amide bonds. The number of thiocarbonyl (C=S) groups is 1. The molecule has 0 aliphatic carbocycles. The second-order valence-electron chi connectivity index (χ2n) is 6.51. The lowest BCUT2D eigenvalue weighted by Crippen LogP contribution is -2.37. The molecule has 2 aromatic carbocycles. The van der Waals surface area contributed by atoms with Crippen LogP contribution in [0, 0.1) is 22.9 Å². The molecule has 0 saturated heterocycles. The van der Waals surface area contributed by atoms with Gasteiger partial charge < -0.3 is 10.1 Å². The fourth-order valence-corrected chi connectivity index (χ4v) is 3.01. The van der Waals surface area contributed by atoms with Crippen LogP contribution in [0.25, 0.3) is 0 Å². The summed E-state index contributed by atoms with van der Waals surface area (Å²) in [5.41, 5.74) is 1.38. The topological polar surface area (TPSA) is 93.5 Å². The number of halogens is 2. The molecule has 10 heteroatoms. The van der Waals surface area contributed by atoms with E-state index in [9.17, 15) is 19.3 Å². The zero-order valence-corrected chi connectivity index (χ0v) is 18.3.